The molecule has 0 saturated heterocycles. The molecule has 5 nitrogen and oxygen atoms in total. The summed E-state index contributed by atoms with van der Waals surface area (Å²) in [6.07, 6.45) is 2.06. The topological polar surface area (TPSA) is 72.6 Å². The van der Waals surface area contributed by atoms with Crippen molar-refractivity contribution in [1.29, 1.82) is 0 Å². The van der Waals surface area contributed by atoms with Gasteiger partial charge in [0.2, 0.25) is 0 Å². The van der Waals surface area contributed by atoms with Gasteiger partial charge in [0.15, 0.2) is 6.61 Å². The first-order valence-electron chi connectivity index (χ1n) is 6.28. The van der Waals surface area contributed by atoms with Crippen LogP contribution in [0.2, 0.25) is 0 Å². The maximum absolute atomic E-state index is 11.9. The van der Waals surface area contributed by atoms with Crippen LogP contribution in [0.5, 0.6) is 0 Å². The van der Waals surface area contributed by atoms with Gasteiger partial charge in [0.1, 0.15) is 0 Å². The van der Waals surface area contributed by atoms with Gasteiger partial charge in [-0.2, -0.15) is 0 Å². The van der Waals surface area contributed by atoms with E-state index in [0.29, 0.717) is 17.3 Å². The third kappa shape index (κ3) is 3.24. The number of rotatable bonds is 4. The Labute approximate surface area is 112 Å². The number of carbonyl (C=O) groups excluding carboxylic acids is 2. The number of nitrogens with two attached hydrogens (primary N) is 1. The average molecular weight is 262 g/mol. The number of anilines is 1. The molecular weight excluding hydrogens is 244 g/mol. The number of nitrogens with zero attached hydrogens (tertiary/aromatic N) is 1. The maximum Gasteiger partial charge on any atom is 0.340 e. The number of benzene rings is 1. The molecule has 0 aliphatic heterocycles. The van der Waals surface area contributed by atoms with Gasteiger partial charge >= 0.3 is 5.97 Å². The molecular formula is C14H18N2O3. The molecule has 1 aliphatic carbocycles. The van der Waals surface area contributed by atoms with E-state index in [0.717, 1.165) is 18.4 Å². The summed E-state index contributed by atoms with van der Waals surface area (Å²) in [6, 6.07) is 5.45. The Balaban J connectivity index is 1.93. The molecule has 0 bridgehead atoms. The van der Waals surface area contributed by atoms with E-state index in [4.69, 9.17) is 10.5 Å². The summed E-state index contributed by atoms with van der Waals surface area (Å²) in [5.74, 6) is -0.735. The van der Waals surface area contributed by atoms with Gasteiger partial charge in [0.05, 0.1) is 5.56 Å². The molecule has 1 fully saturated rings. The first-order valence-corrected chi connectivity index (χ1v) is 6.28. The predicted octanol–water partition coefficient (Wildman–Crippen LogP) is 1.35. The molecule has 0 radical (unpaired) electrons. The van der Waals surface area contributed by atoms with Crippen molar-refractivity contribution in [3.05, 3.63) is 29.3 Å². The lowest BCUT2D eigenvalue weighted by Crippen LogP contribution is -2.33. The van der Waals surface area contributed by atoms with Gasteiger partial charge in [-0.15, -0.1) is 0 Å². The third-order valence-corrected chi connectivity index (χ3v) is 3.24. The van der Waals surface area contributed by atoms with E-state index in [1.54, 1.807) is 24.1 Å². The van der Waals surface area contributed by atoms with E-state index in [9.17, 15) is 9.59 Å². The van der Waals surface area contributed by atoms with Crippen LogP contribution in [0.3, 0.4) is 0 Å². The third-order valence-electron chi connectivity index (χ3n) is 3.24. The van der Waals surface area contributed by atoms with Crippen molar-refractivity contribution in [2.24, 2.45) is 0 Å². The Morgan fingerprint density at radius 3 is 2.74 bits per heavy atom. The van der Waals surface area contributed by atoms with Gasteiger partial charge < -0.3 is 15.4 Å². The smallest absolute Gasteiger partial charge is 0.340 e. The van der Waals surface area contributed by atoms with Crippen molar-refractivity contribution in [2.75, 3.05) is 19.4 Å². The van der Waals surface area contributed by atoms with Crippen molar-refractivity contribution in [1.82, 2.24) is 4.90 Å². The van der Waals surface area contributed by atoms with E-state index >= 15 is 0 Å². The fraction of sp³-hybridized carbons (Fsp3) is 0.429. The van der Waals surface area contributed by atoms with Crippen LogP contribution in [-0.2, 0) is 9.53 Å². The summed E-state index contributed by atoms with van der Waals surface area (Å²) in [5.41, 5.74) is 7.30. The van der Waals surface area contributed by atoms with Gasteiger partial charge in [-0.1, -0.05) is 11.6 Å². The normalized spacial score (nSPS) is 14.0. The second-order valence-electron chi connectivity index (χ2n) is 4.90. The minimum Gasteiger partial charge on any atom is -0.452 e. The zero-order valence-corrected chi connectivity index (χ0v) is 11.2. The summed E-state index contributed by atoms with van der Waals surface area (Å²) in [5, 5.41) is 0. The summed E-state index contributed by atoms with van der Waals surface area (Å²) < 4.78 is 5.01. The van der Waals surface area contributed by atoms with Crippen LogP contribution in [0.15, 0.2) is 18.2 Å². The number of nitrogen functional groups attached to an aromatic ring is 1. The van der Waals surface area contributed by atoms with Crippen molar-refractivity contribution in [3.63, 3.8) is 0 Å². The number of hydrogen-bond donors (Lipinski definition) is 1. The Bertz CT molecular complexity index is 509. The van der Waals surface area contributed by atoms with E-state index < -0.39 is 5.97 Å². The zero-order chi connectivity index (χ0) is 14.0. The van der Waals surface area contributed by atoms with Gasteiger partial charge in [0.25, 0.3) is 5.91 Å². The van der Waals surface area contributed by atoms with E-state index in [2.05, 4.69) is 0 Å². The Morgan fingerprint density at radius 2 is 2.11 bits per heavy atom. The van der Waals surface area contributed by atoms with Crippen LogP contribution in [0, 0.1) is 6.92 Å². The number of ether oxygens (including phenoxy) is 1. The van der Waals surface area contributed by atoms with Crippen LogP contribution >= 0.6 is 0 Å². The highest BCUT2D eigenvalue weighted by molar-refractivity contribution is 5.96. The molecule has 0 unspecified atom stereocenters. The quantitative estimate of drug-likeness (QED) is 0.656. The molecule has 0 atom stereocenters. The molecule has 0 spiro atoms. The van der Waals surface area contributed by atoms with Crippen molar-refractivity contribution >= 4 is 17.6 Å². The zero-order valence-electron chi connectivity index (χ0n) is 11.2. The molecule has 0 aromatic heterocycles. The maximum atomic E-state index is 11.9. The minimum atomic E-state index is -0.557. The highest BCUT2D eigenvalue weighted by atomic mass is 16.5. The Hall–Kier alpha value is -2.04. The molecule has 5 heteroatoms. The van der Waals surface area contributed by atoms with Gasteiger partial charge in [-0.25, -0.2) is 4.79 Å². The number of carbonyl (C=O) groups is 2. The lowest BCUT2D eigenvalue weighted by Gasteiger charge is -2.16. The number of amides is 1. The second kappa shape index (κ2) is 5.30. The SMILES string of the molecule is Cc1ccc(N)c(C(=O)OCC(=O)N(C)C2CC2)c1. The lowest BCUT2D eigenvalue weighted by molar-refractivity contribution is -0.133. The molecule has 1 aromatic carbocycles. The average Bonchev–Trinajstić information content (AvgIpc) is 3.21. The lowest BCUT2D eigenvalue weighted by atomic mass is 10.1. The van der Waals surface area contributed by atoms with E-state index in [-0.39, 0.29) is 12.5 Å². The van der Waals surface area contributed by atoms with Crippen LogP contribution < -0.4 is 5.73 Å². The highest BCUT2D eigenvalue weighted by Crippen LogP contribution is 2.25. The summed E-state index contributed by atoms with van der Waals surface area (Å²) >= 11 is 0. The van der Waals surface area contributed by atoms with Crippen LogP contribution in [0.4, 0.5) is 5.69 Å². The molecule has 1 aliphatic rings. The van der Waals surface area contributed by atoms with Crippen LogP contribution in [0.25, 0.3) is 0 Å². The summed E-state index contributed by atoms with van der Waals surface area (Å²) in [7, 11) is 1.73. The fourth-order valence-electron chi connectivity index (χ4n) is 1.82. The van der Waals surface area contributed by atoms with Gasteiger partial charge in [0, 0.05) is 18.8 Å². The number of aryl methyl sites for hydroxylation is 1. The monoisotopic (exact) mass is 262 g/mol. The molecule has 1 saturated carbocycles. The summed E-state index contributed by atoms with van der Waals surface area (Å²) in [6.45, 7) is 1.63. The van der Waals surface area contributed by atoms with Gasteiger partial charge in [-0.05, 0) is 31.9 Å². The molecule has 19 heavy (non-hydrogen) atoms. The molecule has 102 valence electrons. The van der Waals surface area contributed by atoms with Gasteiger partial charge in [-0.3, -0.25) is 4.79 Å². The largest absolute Gasteiger partial charge is 0.452 e. The Kier molecular flexibility index (Phi) is 3.74. The fourth-order valence-corrected chi connectivity index (χ4v) is 1.82. The first-order chi connectivity index (χ1) is 8.99. The number of esters is 1. The molecule has 2 rings (SSSR count). The van der Waals surface area contributed by atoms with E-state index in [1.165, 1.54) is 0 Å². The first kappa shape index (κ1) is 13.4. The van der Waals surface area contributed by atoms with Crippen molar-refractivity contribution in [2.45, 2.75) is 25.8 Å². The summed E-state index contributed by atoms with van der Waals surface area (Å²) in [4.78, 5) is 25.2. The number of likely N-dealkylation sites (N-methyl/N-ethyl adjacent to an activating group) is 1. The molecule has 0 heterocycles. The molecule has 1 amide bonds. The highest BCUT2D eigenvalue weighted by Gasteiger charge is 2.30. The van der Waals surface area contributed by atoms with Crippen LogP contribution in [0.1, 0.15) is 28.8 Å². The van der Waals surface area contributed by atoms with Crippen molar-refractivity contribution in [3.8, 4) is 0 Å². The standard InChI is InChI=1S/C14H18N2O3/c1-9-3-6-12(15)11(7-9)14(18)19-8-13(17)16(2)10-4-5-10/h3,6-7,10H,4-5,8,15H2,1-2H3. The molecule has 2 N–H and O–H groups in total. The Morgan fingerprint density at radius 1 is 1.42 bits per heavy atom. The minimum absolute atomic E-state index is 0.179. The molecule has 1 aromatic rings. The number of hydrogen-bond acceptors (Lipinski definition) is 4. The van der Waals surface area contributed by atoms with E-state index in [1.807, 2.05) is 13.0 Å². The second-order valence-corrected chi connectivity index (χ2v) is 4.90. The van der Waals surface area contributed by atoms with Crippen molar-refractivity contribution < 1.29 is 14.3 Å². The predicted molar refractivity (Wildman–Crippen MR) is 71.7 cm³/mol. The van der Waals surface area contributed by atoms with Crippen LogP contribution in [-0.4, -0.2) is 36.5 Å².